The van der Waals surface area contributed by atoms with Crippen LogP contribution in [0.15, 0.2) is 4.99 Å². The molecule has 0 fully saturated rings. The SMILES string of the molecule is CCC(CC)(CNC(=NC)NCCCCC(=O)OC)NC(=O)OC(C)(C)C.I. The van der Waals surface area contributed by atoms with Gasteiger partial charge in [0.05, 0.1) is 12.6 Å². The minimum atomic E-state index is -0.535. The number of rotatable bonds is 10. The van der Waals surface area contributed by atoms with Crippen LogP contribution in [0.25, 0.3) is 0 Å². The van der Waals surface area contributed by atoms with E-state index < -0.39 is 17.2 Å². The maximum Gasteiger partial charge on any atom is 0.408 e. The Hall–Kier alpha value is -1.26. The molecule has 0 heterocycles. The summed E-state index contributed by atoms with van der Waals surface area (Å²) in [5.41, 5.74) is -0.961. The lowest BCUT2D eigenvalue weighted by atomic mass is 9.93. The van der Waals surface area contributed by atoms with Gasteiger partial charge in [-0.15, -0.1) is 24.0 Å². The zero-order chi connectivity index (χ0) is 20.9. The zero-order valence-electron chi connectivity index (χ0n) is 18.4. The number of nitrogens with zero attached hydrogens (tertiary/aromatic N) is 1. The molecular formula is C19H39IN4O4. The molecule has 0 aliphatic heterocycles. The molecule has 0 atom stereocenters. The second kappa shape index (κ2) is 14.7. The Morgan fingerprint density at radius 3 is 2.11 bits per heavy atom. The standard InChI is InChI=1S/C19H38N4O4.HI/c1-8-19(9-2,23-17(25)27-18(3,4)5)14-22-16(20-6)21-13-11-10-12-15(24)26-7;/h8-14H2,1-7H3,(H,23,25)(H2,20,21,22);1H. The fraction of sp³-hybridized carbons (Fsp3) is 0.842. The predicted molar refractivity (Wildman–Crippen MR) is 123 cm³/mol. The summed E-state index contributed by atoms with van der Waals surface area (Å²) < 4.78 is 10.0. The minimum absolute atomic E-state index is 0. The molecule has 28 heavy (non-hydrogen) atoms. The number of carbonyl (C=O) groups excluding carboxylic acids is 2. The van der Waals surface area contributed by atoms with Gasteiger partial charge in [0, 0.05) is 26.6 Å². The summed E-state index contributed by atoms with van der Waals surface area (Å²) in [6, 6.07) is 0. The van der Waals surface area contributed by atoms with Gasteiger partial charge in [0.1, 0.15) is 5.60 Å². The Balaban J connectivity index is 0. The van der Waals surface area contributed by atoms with Gasteiger partial charge in [0.15, 0.2) is 5.96 Å². The number of unbranched alkanes of at least 4 members (excludes halogenated alkanes) is 1. The highest BCUT2D eigenvalue weighted by atomic mass is 127. The fourth-order valence-electron chi connectivity index (χ4n) is 2.42. The first-order valence-electron chi connectivity index (χ1n) is 9.64. The molecule has 0 rings (SSSR count). The number of carbonyl (C=O) groups is 2. The Bertz CT molecular complexity index is 489. The normalized spacial score (nSPS) is 11.9. The van der Waals surface area contributed by atoms with E-state index in [0.717, 1.165) is 25.7 Å². The average Bonchev–Trinajstić information content (AvgIpc) is 2.60. The third-order valence-corrected chi connectivity index (χ3v) is 4.27. The third-order valence-electron chi connectivity index (χ3n) is 4.27. The summed E-state index contributed by atoms with van der Waals surface area (Å²) in [5.74, 6) is 0.465. The molecule has 0 unspecified atom stereocenters. The molecule has 0 saturated carbocycles. The minimum Gasteiger partial charge on any atom is -0.469 e. The first-order chi connectivity index (χ1) is 12.6. The highest BCUT2D eigenvalue weighted by Gasteiger charge is 2.30. The number of hydrogen-bond donors (Lipinski definition) is 3. The van der Waals surface area contributed by atoms with Crippen molar-refractivity contribution < 1.29 is 19.1 Å². The van der Waals surface area contributed by atoms with Crippen LogP contribution in [0.4, 0.5) is 4.79 Å². The van der Waals surface area contributed by atoms with Crippen molar-refractivity contribution in [2.24, 2.45) is 4.99 Å². The van der Waals surface area contributed by atoms with Gasteiger partial charge in [0.25, 0.3) is 0 Å². The first kappa shape index (κ1) is 28.9. The Labute approximate surface area is 187 Å². The van der Waals surface area contributed by atoms with Crippen molar-refractivity contribution in [3.05, 3.63) is 0 Å². The second-order valence-electron chi connectivity index (χ2n) is 7.50. The van der Waals surface area contributed by atoms with Gasteiger partial charge in [-0.2, -0.15) is 0 Å². The van der Waals surface area contributed by atoms with E-state index >= 15 is 0 Å². The van der Waals surface area contributed by atoms with Crippen molar-refractivity contribution in [1.82, 2.24) is 16.0 Å². The van der Waals surface area contributed by atoms with Crippen molar-refractivity contribution in [2.45, 2.75) is 77.9 Å². The molecule has 1 amide bonds. The lowest BCUT2D eigenvalue weighted by Gasteiger charge is -2.34. The lowest BCUT2D eigenvalue weighted by molar-refractivity contribution is -0.140. The van der Waals surface area contributed by atoms with Crippen LogP contribution in [0.1, 0.15) is 66.7 Å². The second-order valence-corrected chi connectivity index (χ2v) is 7.50. The largest absolute Gasteiger partial charge is 0.469 e. The van der Waals surface area contributed by atoms with Gasteiger partial charge in [-0.25, -0.2) is 4.79 Å². The van der Waals surface area contributed by atoms with Crippen molar-refractivity contribution >= 4 is 42.0 Å². The molecule has 166 valence electrons. The average molecular weight is 514 g/mol. The van der Waals surface area contributed by atoms with E-state index in [0.29, 0.717) is 25.5 Å². The van der Waals surface area contributed by atoms with E-state index in [4.69, 9.17) is 4.74 Å². The number of amides is 1. The quantitative estimate of drug-likeness (QED) is 0.136. The van der Waals surface area contributed by atoms with Crippen LogP contribution < -0.4 is 16.0 Å². The molecule has 3 N–H and O–H groups in total. The van der Waals surface area contributed by atoms with Gasteiger partial charge in [-0.3, -0.25) is 9.79 Å². The van der Waals surface area contributed by atoms with Crippen LogP contribution in [0.3, 0.4) is 0 Å². The smallest absolute Gasteiger partial charge is 0.408 e. The molecule has 0 radical (unpaired) electrons. The number of nitrogens with one attached hydrogen (secondary N) is 3. The summed E-state index contributed by atoms with van der Waals surface area (Å²) in [6.45, 7) is 10.8. The van der Waals surface area contributed by atoms with Gasteiger partial charge < -0.3 is 25.4 Å². The van der Waals surface area contributed by atoms with Crippen LogP contribution in [-0.4, -0.2) is 56.4 Å². The van der Waals surface area contributed by atoms with Crippen molar-refractivity contribution in [3.63, 3.8) is 0 Å². The summed E-state index contributed by atoms with van der Waals surface area (Å²) in [7, 11) is 3.09. The molecule has 0 aromatic heterocycles. The summed E-state index contributed by atoms with van der Waals surface area (Å²) in [4.78, 5) is 27.5. The monoisotopic (exact) mass is 514 g/mol. The van der Waals surface area contributed by atoms with Crippen molar-refractivity contribution in [3.8, 4) is 0 Å². The van der Waals surface area contributed by atoms with Crippen LogP contribution in [-0.2, 0) is 14.3 Å². The number of guanidine groups is 1. The van der Waals surface area contributed by atoms with Crippen molar-refractivity contribution in [2.75, 3.05) is 27.2 Å². The van der Waals surface area contributed by atoms with Gasteiger partial charge >= 0.3 is 12.1 Å². The topological polar surface area (TPSA) is 101 Å². The third kappa shape index (κ3) is 13.0. The number of alkyl carbamates (subject to hydrolysis) is 1. The number of ether oxygens (including phenoxy) is 2. The number of halogens is 1. The fourth-order valence-corrected chi connectivity index (χ4v) is 2.42. The summed E-state index contributed by atoms with van der Waals surface area (Å²) in [6.07, 6.45) is 3.10. The Morgan fingerprint density at radius 2 is 1.64 bits per heavy atom. The van der Waals surface area contributed by atoms with Crippen LogP contribution in [0, 0.1) is 0 Å². The number of aliphatic imine (C=N–C) groups is 1. The molecule has 0 saturated heterocycles. The van der Waals surface area contributed by atoms with E-state index in [2.05, 4.69) is 25.7 Å². The molecule has 0 aromatic carbocycles. The highest BCUT2D eigenvalue weighted by molar-refractivity contribution is 14.0. The summed E-state index contributed by atoms with van der Waals surface area (Å²) >= 11 is 0. The van der Waals surface area contributed by atoms with Crippen LogP contribution >= 0.6 is 24.0 Å². The van der Waals surface area contributed by atoms with E-state index in [-0.39, 0.29) is 29.9 Å². The van der Waals surface area contributed by atoms with Crippen molar-refractivity contribution in [1.29, 1.82) is 0 Å². The van der Waals surface area contributed by atoms with Crippen LogP contribution in [0.2, 0.25) is 0 Å². The van der Waals surface area contributed by atoms with E-state index in [9.17, 15) is 9.59 Å². The Kier molecular flexibility index (Phi) is 15.2. The molecule has 0 aliphatic rings. The lowest BCUT2D eigenvalue weighted by Crippen LogP contribution is -2.57. The van der Waals surface area contributed by atoms with Gasteiger partial charge in [0.2, 0.25) is 0 Å². The predicted octanol–water partition coefficient (Wildman–Crippen LogP) is 3.20. The molecular weight excluding hydrogens is 475 g/mol. The molecule has 8 nitrogen and oxygen atoms in total. The molecule has 0 aliphatic carbocycles. The van der Waals surface area contributed by atoms with Gasteiger partial charge in [-0.05, 0) is 46.5 Å². The number of methoxy groups -OCH3 is 1. The van der Waals surface area contributed by atoms with Crippen LogP contribution in [0.5, 0.6) is 0 Å². The number of hydrogen-bond acceptors (Lipinski definition) is 5. The maximum atomic E-state index is 12.2. The van der Waals surface area contributed by atoms with Gasteiger partial charge in [-0.1, -0.05) is 13.8 Å². The molecule has 9 heteroatoms. The summed E-state index contributed by atoms with van der Waals surface area (Å²) in [5, 5.41) is 9.49. The maximum absolute atomic E-state index is 12.2. The molecule has 0 aromatic rings. The zero-order valence-corrected chi connectivity index (χ0v) is 20.8. The van der Waals surface area contributed by atoms with E-state index in [1.165, 1.54) is 7.11 Å². The Morgan fingerprint density at radius 1 is 1.04 bits per heavy atom. The van der Waals surface area contributed by atoms with E-state index in [1.54, 1.807) is 7.05 Å². The van der Waals surface area contributed by atoms with E-state index in [1.807, 2.05) is 34.6 Å². The number of esters is 1. The first-order valence-corrected chi connectivity index (χ1v) is 9.64. The molecule has 0 bridgehead atoms. The highest BCUT2D eigenvalue weighted by Crippen LogP contribution is 2.16. The molecule has 0 spiro atoms.